The van der Waals surface area contributed by atoms with Crippen molar-refractivity contribution in [3.63, 3.8) is 0 Å². The maximum absolute atomic E-state index is 12.3. The van der Waals surface area contributed by atoms with Gasteiger partial charge in [0.25, 0.3) is 5.91 Å². The standard InChI is InChI=1S/C24H29N3O4/c25-27(21-5-2-1-3-6-21)23(28)13-10-19-8-11-20(12-9-19)22(24(29)30)7-4-14-26-15-17-31-18-16-26/h1-3,5-6,8-13,22H,4,7,14-18,25H2,(H,29,30). The van der Waals surface area contributed by atoms with Gasteiger partial charge in [0.15, 0.2) is 0 Å². The van der Waals surface area contributed by atoms with Gasteiger partial charge in [-0.1, -0.05) is 42.5 Å². The molecule has 3 rings (SSSR count). The fraction of sp³-hybridized carbons (Fsp3) is 0.333. The van der Waals surface area contributed by atoms with E-state index in [4.69, 9.17) is 10.6 Å². The highest BCUT2D eigenvalue weighted by Crippen LogP contribution is 2.23. The number of ether oxygens (including phenoxy) is 1. The Morgan fingerprint density at radius 3 is 2.42 bits per heavy atom. The molecule has 1 unspecified atom stereocenters. The highest BCUT2D eigenvalue weighted by molar-refractivity contribution is 6.02. The van der Waals surface area contributed by atoms with Crippen LogP contribution in [-0.2, 0) is 14.3 Å². The molecular formula is C24H29N3O4. The minimum absolute atomic E-state index is 0.346. The third kappa shape index (κ3) is 6.75. The van der Waals surface area contributed by atoms with Crippen molar-refractivity contribution in [2.24, 2.45) is 5.84 Å². The third-order valence-corrected chi connectivity index (χ3v) is 5.40. The zero-order valence-corrected chi connectivity index (χ0v) is 17.5. The Bertz CT molecular complexity index is 877. The summed E-state index contributed by atoms with van der Waals surface area (Å²) < 4.78 is 5.34. The van der Waals surface area contributed by atoms with Crippen molar-refractivity contribution in [1.82, 2.24) is 4.90 Å². The maximum atomic E-state index is 12.3. The number of nitrogens with two attached hydrogens (primary N) is 1. The second kappa shape index (κ2) is 11.4. The maximum Gasteiger partial charge on any atom is 0.310 e. The van der Waals surface area contributed by atoms with Gasteiger partial charge >= 0.3 is 5.97 Å². The molecule has 1 atom stereocenters. The quantitative estimate of drug-likeness (QED) is 0.279. The van der Waals surface area contributed by atoms with Gasteiger partial charge in [-0.2, -0.15) is 0 Å². The molecule has 1 heterocycles. The fourth-order valence-electron chi connectivity index (χ4n) is 3.58. The summed E-state index contributed by atoms with van der Waals surface area (Å²) in [5.41, 5.74) is 2.17. The van der Waals surface area contributed by atoms with Crippen LogP contribution in [0, 0.1) is 0 Å². The number of hydrogen-bond donors (Lipinski definition) is 2. The molecule has 7 nitrogen and oxygen atoms in total. The van der Waals surface area contributed by atoms with Gasteiger partial charge in [-0.05, 0) is 48.7 Å². The van der Waals surface area contributed by atoms with E-state index in [0.717, 1.165) is 55.4 Å². The Labute approximate surface area is 182 Å². The highest BCUT2D eigenvalue weighted by atomic mass is 16.5. The smallest absolute Gasteiger partial charge is 0.310 e. The molecule has 1 fully saturated rings. The van der Waals surface area contributed by atoms with Gasteiger partial charge in [-0.3, -0.25) is 14.5 Å². The third-order valence-electron chi connectivity index (χ3n) is 5.40. The first-order valence-electron chi connectivity index (χ1n) is 10.5. The number of carbonyl (C=O) groups is 2. The molecule has 2 aromatic rings. The van der Waals surface area contributed by atoms with Crippen LogP contribution in [0.4, 0.5) is 5.69 Å². The lowest BCUT2D eigenvalue weighted by molar-refractivity contribution is -0.139. The van der Waals surface area contributed by atoms with E-state index >= 15 is 0 Å². The van der Waals surface area contributed by atoms with Gasteiger partial charge in [-0.15, -0.1) is 0 Å². The number of amides is 1. The molecule has 0 radical (unpaired) electrons. The molecule has 7 heteroatoms. The van der Waals surface area contributed by atoms with E-state index in [1.165, 1.54) is 6.08 Å². The molecular weight excluding hydrogens is 394 g/mol. The van der Waals surface area contributed by atoms with Gasteiger partial charge in [0.2, 0.25) is 0 Å². The average molecular weight is 424 g/mol. The first kappa shape index (κ1) is 22.7. The molecule has 164 valence electrons. The van der Waals surface area contributed by atoms with Crippen LogP contribution < -0.4 is 10.9 Å². The molecule has 1 aliphatic rings. The lowest BCUT2D eigenvalue weighted by Crippen LogP contribution is -2.37. The molecule has 2 aromatic carbocycles. The Hall–Kier alpha value is -3.00. The number of morpholine rings is 1. The van der Waals surface area contributed by atoms with E-state index in [1.54, 1.807) is 18.2 Å². The van der Waals surface area contributed by atoms with Crippen LogP contribution in [0.3, 0.4) is 0 Å². The highest BCUT2D eigenvalue weighted by Gasteiger charge is 2.20. The summed E-state index contributed by atoms with van der Waals surface area (Å²) >= 11 is 0. The number of hydrogen-bond acceptors (Lipinski definition) is 5. The first-order chi connectivity index (χ1) is 15.0. The summed E-state index contributed by atoms with van der Waals surface area (Å²) in [6.07, 6.45) is 4.47. The lowest BCUT2D eigenvalue weighted by Gasteiger charge is -2.26. The second-order valence-electron chi connectivity index (χ2n) is 7.53. The number of aliphatic carboxylic acids is 1. The first-order valence-corrected chi connectivity index (χ1v) is 10.5. The van der Waals surface area contributed by atoms with Gasteiger partial charge in [0, 0.05) is 19.2 Å². The average Bonchev–Trinajstić information content (AvgIpc) is 2.81. The van der Waals surface area contributed by atoms with Crippen molar-refractivity contribution in [3.05, 3.63) is 71.8 Å². The molecule has 0 aromatic heterocycles. The fourth-order valence-corrected chi connectivity index (χ4v) is 3.58. The number of carboxylic acid groups (broad SMARTS) is 1. The van der Waals surface area contributed by atoms with Gasteiger partial charge in [-0.25, -0.2) is 10.9 Å². The van der Waals surface area contributed by atoms with E-state index in [2.05, 4.69) is 4.90 Å². The minimum atomic E-state index is -0.818. The number of carbonyl (C=O) groups excluding carboxylic acids is 1. The van der Waals surface area contributed by atoms with Crippen molar-refractivity contribution in [2.45, 2.75) is 18.8 Å². The normalized spacial score (nSPS) is 15.6. The van der Waals surface area contributed by atoms with Crippen LogP contribution in [0.15, 0.2) is 60.7 Å². The molecule has 0 saturated carbocycles. The zero-order chi connectivity index (χ0) is 22.1. The molecule has 1 aliphatic heterocycles. The van der Waals surface area contributed by atoms with Crippen molar-refractivity contribution in [2.75, 3.05) is 37.9 Å². The molecule has 0 spiro atoms. The Morgan fingerprint density at radius 2 is 1.77 bits per heavy atom. The molecule has 31 heavy (non-hydrogen) atoms. The zero-order valence-electron chi connectivity index (χ0n) is 17.5. The van der Waals surface area contributed by atoms with Crippen LogP contribution in [0.2, 0.25) is 0 Å². The number of rotatable bonds is 9. The van der Waals surface area contributed by atoms with Crippen molar-refractivity contribution in [3.8, 4) is 0 Å². The Morgan fingerprint density at radius 1 is 1.10 bits per heavy atom. The van der Waals surface area contributed by atoms with Gasteiger partial charge in [0.1, 0.15) is 0 Å². The molecule has 0 bridgehead atoms. The largest absolute Gasteiger partial charge is 0.481 e. The van der Waals surface area contributed by atoms with Gasteiger partial charge in [0.05, 0.1) is 24.8 Å². The topological polar surface area (TPSA) is 96.1 Å². The summed E-state index contributed by atoms with van der Waals surface area (Å²) in [7, 11) is 0. The van der Waals surface area contributed by atoms with E-state index in [-0.39, 0.29) is 5.91 Å². The number of carboxylic acids is 1. The number of hydrazine groups is 1. The number of para-hydroxylation sites is 1. The summed E-state index contributed by atoms with van der Waals surface area (Å²) in [6, 6.07) is 16.3. The van der Waals surface area contributed by atoms with Crippen LogP contribution in [0.1, 0.15) is 29.9 Å². The SMILES string of the molecule is NN(C(=O)C=Cc1ccc(C(CCCN2CCOCC2)C(=O)O)cc1)c1ccccc1. The molecule has 1 saturated heterocycles. The van der Waals surface area contributed by atoms with Crippen LogP contribution in [0.5, 0.6) is 0 Å². The summed E-state index contributed by atoms with van der Waals surface area (Å²) in [6.45, 7) is 4.18. The number of benzene rings is 2. The van der Waals surface area contributed by atoms with Crippen LogP contribution in [0.25, 0.3) is 6.08 Å². The molecule has 1 amide bonds. The summed E-state index contributed by atoms with van der Waals surface area (Å²) in [5, 5.41) is 10.7. The summed E-state index contributed by atoms with van der Waals surface area (Å²) in [4.78, 5) is 26.3. The Balaban J connectivity index is 1.56. The summed E-state index contributed by atoms with van der Waals surface area (Å²) in [5.74, 6) is 4.15. The number of anilines is 1. The second-order valence-corrected chi connectivity index (χ2v) is 7.53. The van der Waals surface area contributed by atoms with Crippen molar-refractivity contribution >= 4 is 23.6 Å². The predicted molar refractivity (Wildman–Crippen MR) is 120 cm³/mol. The Kier molecular flexibility index (Phi) is 8.35. The van der Waals surface area contributed by atoms with Crippen molar-refractivity contribution in [1.29, 1.82) is 0 Å². The number of nitrogens with zero attached hydrogens (tertiary/aromatic N) is 2. The van der Waals surface area contributed by atoms with Crippen LogP contribution in [-0.4, -0.2) is 54.7 Å². The monoisotopic (exact) mass is 423 g/mol. The minimum Gasteiger partial charge on any atom is -0.481 e. The van der Waals surface area contributed by atoms with Crippen molar-refractivity contribution < 1.29 is 19.4 Å². The van der Waals surface area contributed by atoms with E-state index < -0.39 is 11.9 Å². The molecule has 0 aliphatic carbocycles. The lowest BCUT2D eigenvalue weighted by atomic mass is 9.93. The van der Waals surface area contributed by atoms with Gasteiger partial charge < -0.3 is 9.84 Å². The van der Waals surface area contributed by atoms with E-state index in [9.17, 15) is 14.7 Å². The predicted octanol–water partition coefficient (Wildman–Crippen LogP) is 2.89. The van der Waals surface area contributed by atoms with E-state index in [0.29, 0.717) is 12.1 Å². The van der Waals surface area contributed by atoms with E-state index in [1.807, 2.05) is 42.5 Å². The van der Waals surface area contributed by atoms with Crippen LogP contribution >= 0.6 is 0 Å². The molecule has 3 N–H and O–H groups in total.